The van der Waals surface area contributed by atoms with Crippen LogP contribution in [0.25, 0.3) is 0 Å². The summed E-state index contributed by atoms with van der Waals surface area (Å²) in [6.07, 6.45) is 1.12. The molecule has 0 atom stereocenters. The van der Waals surface area contributed by atoms with Gasteiger partial charge in [-0.2, -0.15) is 0 Å². The van der Waals surface area contributed by atoms with Crippen molar-refractivity contribution in [2.75, 3.05) is 0 Å². The first-order valence-corrected chi connectivity index (χ1v) is 5.57. The van der Waals surface area contributed by atoms with Gasteiger partial charge in [-0.15, -0.1) is 0 Å². The first kappa shape index (κ1) is 12.7. The SMILES string of the molecule is O=C(O)c1cnc(COc2ccc(Cl)cc2Cl)o1. The average molecular weight is 288 g/mol. The molecule has 0 amide bonds. The molecule has 0 spiro atoms. The molecule has 18 heavy (non-hydrogen) atoms. The lowest BCUT2D eigenvalue weighted by Crippen LogP contribution is -1.96. The van der Waals surface area contributed by atoms with E-state index in [-0.39, 0.29) is 18.3 Å². The molecule has 1 N–H and O–H groups in total. The largest absolute Gasteiger partial charge is 0.482 e. The third kappa shape index (κ3) is 2.94. The van der Waals surface area contributed by atoms with E-state index < -0.39 is 5.97 Å². The number of rotatable bonds is 4. The quantitative estimate of drug-likeness (QED) is 0.934. The highest BCUT2D eigenvalue weighted by Gasteiger charge is 2.11. The number of hydrogen-bond donors (Lipinski definition) is 1. The maximum atomic E-state index is 10.6. The summed E-state index contributed by atoms with van der Waals surface area (Å²) in [6.45, 7) is -0.0192. The second-order valence-electron chi connectivity index (χ2n) is 3.29. The van der Waals surface area contributed by atoms with Crippen molar-refractivity contribution in [1.29, 1.82) is 0 Å². The number of aromatic carboxylic acids is 1. The molecule has 94 valence electrons. The van der Waals surface area contributed by atoms with Crippen molar-refractivity contribution in [1.82, 2.24) is 4.98 Å². The highest BCUT2D eigenvalue weighted by molar-refractivity contribution is 6.35. The third-order valence-electron chi connectivity index (χ3n) is 2.01. The number of ether oxygens (including phenoxy) is 1. The summed E-state index contributed by atoms with van der Waals surface area (Å²) in [4.78, 5) is 14.3. The molecule has 0 aliphatic heterocycles. The van der Waals surface area contributed by atoms with E-state index in [2.05, 4.69) is 4.98 Å². The van der Waals surface area contributed by atoms with Crippen LogP contribution in [-0.2, 0) is 6.61 Å². The minimum Gasteiger partial charge on any atom is -0.482 e. The van der Waals surface area contributed by atoms with Crippen LogP contribution >= 0.6 is 23.2 Å². The number of carboxylic acids is 1. The van der Waals surface area contributed by atoms with Gasteiger partial charge in [-0.1, -0.05) is 23.2 Å². The van der Waals surface area contributed by atoms with Crippen LogP contribution in [0, 0.1) is 0 Å². The van der Waals surface area contributed by atoms with E-state index in [1.165, 1.54) is 6.07 Å². The van der Waals surface area contributed by atoms with E-state index in [9.17, 15) is 4.79 Å². The van der Waals surface area contributed by atoms with E-state index in [0.29, 0.717) is 15.8 Å². The average Bonchev–Trinajstić information content (AvgIpc) is 2.76. The summed E-state index contributed by atoms with van der Waals surface area (Å²) >= 11 is 11.6. The predicted octanol–water partition coefficient (Wildman–Crippen LogP) is 3.26. The second-order valence-corrected chi connectivity index (χ2v) is 4.13. The van der Waals surface area contributed by atoms with Gasteiger partial charge in [0.05, 0.1) is 11.2 Å². The first-order valence-electron chi connectivity index (χ1n) is 4.82. The number of carbonyl (C=O) groups is 1. The molecular weight excluding hydrogens is 281 g/mol. The van der Waals surface area contributed by atoms with Crippen molar-refractivity contribution in [2.45, 2.75) is 6.61 Å². The molecule has 5 nitrogen and oxygen atoms in total. The van der Waals surface area contributed by atoms with Crippen LogP contribution in [0.15, 0.2) is 28.8 Å². The summed E-state index contributed by atoms with van der Waals surface area (Å²) in [5.41, 5.74) is 0. The lowest BCUT2D eigenvalue weighted by molar-refractivity contribution is 0.0658. The van der Waals surface area contributed by atoms with Crippen molar-refractivity contribution in [3.05, 3.63) is 46.1 Å². The summed E-state index contributed by atoms with van der Waals surface area (Å²) in [5, 5.41) is 9.50. The Hall–Kier alpha value is -1.72. The van der Waals surface area contributed by atoms with Gasteiger partial charge in [0, 0.05) is 5.02 Å². The zero-order valence-corrected chi connectivity index (χ0v) is 10.4. The number of carboxylic acid groups (broad SMARTS) is 1. The van der Waals surface area contributed by atoms with Crippen molar-refractivity contribution in [2.24, 2.45) is 0 Å². The van der Waals surface area contributed by atoms with E-state index in [1.807, 2.05) is 0 Å². The summed E-state index contributed by atoms with van der Waals surface area (Å²) in [7, 11) is 0. The van der Waals surface area contributed by atoms with E-state index in [1.54, 1.807) is 12.1 Å². The fourth-order valence-corrected chi connectivity index (χ4v) is 1.67. The summed E-state index contributed by atoms with van der Waals surface area (Å²) in [6, 6.07) is 4.77. The Labute approximate surface area is 112 Å². The van der Waals surface area contributed by atoms with Gasteiger partial charge in [0.2, 0.25) is 11.7 Å². The molecule has 7 heteroatoms. The van der Waals surface area contributed by atoms with Crippen molar-refractivity contribution < 1.29 is 19.1 Å². The van der Waals surface area contributed by atoms with Gasteiger partial charge in [0.25, 0.3) is 0 Å². The molecule has 0 saturated heterocycles. The zero-order valence-electron chi connectivity index (χ0n) is 8.89. The molecule has 2 aromatic rings. The molecule has 2 rings (SSSR count). The molecule has 0 radical (unpaired) electrons. The highest BCUT2D eigenvalue weighted by atomic mass is 35.5. The van der Waals surface area contributed by atoms with E-state index >= 15 is 0 Å². The van der Waals surface area contributed by atoms with Gasteiger partial charge in [-0.3, -0.25) is 0 Å². The maximum Gasteiger partial charge on any atom is 0.373 e. The molecule has 0 saturated carbocycles. The van der Waals surface area contributed by atoms with Crippen molar-refractivity contribution >= 4 is 29.2 Å². The highest BCUT2D eigenvalue weighted by Crippen LogP contribution is 2.28. The summed E-state index contributed by atoms with van der Waals surface area (Å²) < 4.78 is 10.3. The molecule has 1 aromatic heterocycles. The maximum absolute atomic E-state index is 10.6. The van der Waals surface area contributed by atoms with Crippen LogP contribution in [-0.4, -0.2) is 16.1 Å². The normalized spacial score (nSPS) is 10.3. The van der Waals surface area contributed by atoms with Crippen LogP contribution < -0.4 is 4.74 Å². The van der Waals surface area contributed by atoms with Gasteiger partial charge in [0.15, 0.2) is 6.61 Å². The number of oxazole rings is 1. The molecule has 0 aliphatic carbocycles. The number of nitrogens with zero attached hydrogens (tertiary/aromatic N) is 1. The fourth-order valence-electron chi connectivity index (χ4n) is 1.21. The Bertz CT molecular complexity index is 582. The Morgan fingerprint density at radius 1 is 1.44 bits per heavy atom. The Morgan fingerprint density at radius 3 is 2.83 bits per heavy atom. The van der Waals surface area contributed by atoms with Gasteiger partial charge < -0.3 is 14.3 Å². The molecular formula is C11H7Cl2NO4. The minimum atomic E-state index is -1.18. The topological polar surface area (TPSA) is 72.6 Å². The standard InChI is InChI=1S/C11H7Cl2NO4/c12-6-1-2-8(7(13)3-6)17-5-10-14-4-9(18-10)11(15)16/h1-4H,5H2,(H,15,16). The van der Waals surface area contributed by atoms with Crippen LogP contribution in [0.4, 0.5) is 0 Å². The number of halogens is 2. The molecule has 0 unspecified atom stereocenters. The van der Waals surface area contributed by atoms with Crippen LogP contribution in [0.5, 0.6) is 5.75 Å². The van der Waals surface area contributed by atoms with E-state index in [0.717, 1.165) is 6.20 Å². The number of benzene rings is 1. The third-order valence-corrected chi connectivity index (χ3v) is 2.54. The van der Waals surface area contributed by atoms with Gasteiger partial charge >= 0.3 is 5.97 Å². The van der Waals surface area contributed by atoms with Crippen LogP contribution in [0.3, 0.4) is 0 Å². The molecule has 0 bridgehead atoms. The predicted molar refractivity (Wildman–Crippen MR) is 64.3 cm³/mol. The minimum absolute atomic E-state index is 0.0192. The molecule has 1 heterocycles. The van der Waals surface area contributed by atoms with Crippen molar-refractivity contribution in [3.63, 3.8) is 0 Å². The Morgan fingerprint density at radius 2 is 2.22 bits per heavy atom. The first-order chi connectivity index (χ1) is 8.56. The fraction of sp³-hybridized carbons (Fsp3) is 0.0909. The number of hydrogen-bond acceptors (Lipinski definition) is 4. The van der Waals surface area contributed by atoms with Crippen LogP contribution in [0.2, 0.25) is 10.0 Å². The lowest BCUT2D eigenvalue weighted by Gasteiger charge is -2.05. The number of aromatic nitrogens is 1. The zero-order chi connectivity index (χ0) is 13.1. The lowest BCUT2D eigenvalue weighted by atomic mass is 10.3. The smallest absolute Gasteiger partial charge is 0.373 e. The van der Waals surface area contributed by atoms with Gasteiger partial charge in [-0.05, 0) is 18.2 Å². The van der Waals surface area contributed by atoms with Crippen molar-refractivity contribution in [3.8, 4) is 5.75 Å². The second kappa shape index (κ2) is 5.29. The monoisotopic (exact) mass is 287 g/mol. The molecule has 0 aliphatic rings. The van der Waals surface area contributed by atoms with Gasteiger partial charge in [0.1, 0.15) is 5.75 Å². The van der Waals surface area contributed by atoms with Gasteiger partial charge in [-0.25, -0.2) is 9.78 Å². The van der Waals surface area contributed by atoms with E-state index in [4.69, 9.17) is 37.5 Å². The molecule has 1 aromatic carbocycles. The Kier molecular flexibility index (Phi) is 3.74. The molecule has 0 fully saturated rings. The van der Waals surface area contributed by atoms with Crippen LogP contribution in [0.1, 0.15) is 16.4 Å². The summed E-state index contributed by atoms with van der Waals surface area (Å²) in [5.74, 6) is -0.858. The Balaban J connectivity index is 2.04.